The van der Waals surface area contributed by atoms with E-state index in [9.17, 15) is 14.7 Å². The van der Waals surface area contributed by atoms with Crippen molar-refractivity contribution < 1.29 is 19.8 Å². The van der Waals surface area contributed by atoms with Gasteiger partial charge in [-0.25, -0.2) is 0 Å². The van der Waals surface area contributed by atoms with Gasteiger partial charge in [-0.15, -0.1) is 0 Å². The molecule has 23 heavy (non-hydrogen) atoms. The molecule has 4 heteroatoms. The molecule has 0 spiro atoms. The molecule has 0 bridgehead atoms. The van der Waals surface area contributed by atoms with E-state index in [2.05, 4.69) is 6.92 Å². The van der Waals surface area contributed by atoms with Crippen LogP contribution in [0.3, 0.4) is 0 Å². The van der Waals surface area contributed by atoms with Crippen molar-refractivity contribution in [1.29, 1.82) is 0 Å². The third-order valence-electron chi connectivity index (χ3n) is 4.15. The zero-order chi connectivity index (χ0) is 17.5. The first kappa shape index (κ1) is 21.8. The van der Waals surface area contributed by atoms with Gasteiger partial charge < -0.3 is 10.2 Å². The summed E-state index contributed by atoms with van der Waals surface area (Å²) in [5.41, 5.74) is 0. The molecule has 0 aliphatic heterocycles. The number of unbranched alkanes of at least 4 members (excludes halogenated alkanes) is 5. The number of carboxylic acids is 1. The normalized spacial score (nSPS) is 14.0. The fourth-order valence-corrected chi connectivity index (χ4v) is 2.61. The lowest BCUT2D eigenvalue weighted by Gasteiger charge is -2.11. The van der Waals surface area contributed by atoms with Crippen LogP contribution in [0, 0.1) is 5.92 Å². The fraction of sp³-hybridized carbons (Fsp3) is 0.789. The van der Waals surface area contributed by atoms with E-state index >= 15 is 0 Å². The van der Waals surface area contributed by atoms with E-state index in [1.54, 1.807) is 6.92 Å². The molecule has 0 unspecified atom stereocenters. The molecule has 0 saturated carbocycles. The van der Waals surface area contributed by atoms with Crippen LogP contribution in [0.5, 0.6) is 0 Å². The van der Waals surface area contributed by atoms with Gasteiger partial charge in [0.2, 0.25) is 0 Å². The molecular weight excluding hydrogens is 292 g/mol. The summed E-state index contributed by atoms with van der Waals surface area (Å²) in [7, 11) is 0. The van der Waals surface area contributed by atoms with Crippen molar-refractivity contribution in [3.05, 3.63) is 12.2 Å². The zero-order valence-electron chi connectivity index (χ0n) is 14.8. The van der Waals surface area contributed by atoms with Gasteiger partial charge in [0.05, 0.1) is 6.10 Å². The quantitative estimate of drug-likeness (QED) is 0.343. The Kier molecular flexibility index (Phi) is 13.7. The van der Waals surface area contributed by atoms with Gasteiger partial charge >= 0.3 is 5.97 Å². The number of carboxylic acid groups (broad SMARTS) is 1. The van der Waals surface area contributed by atoms with Gasteiger partial charge in [0.25, 0.3) is 0 Å². The summed E-state index contributed by atoms with van der Waals surface area (Å²) in [5, 5.41) is 18.4. The van der Waals surface area contributed by atoms with Crippen LogP contribution in [0.15, 0.2) is 12.2 Å². The Morgan fingerprint density at radius 3 is 2.26 bits per heavy atom. The van der Waals surface area contributed by atoms with E-state index < -0.39 is 12.1 Å². The fourth-order valence-electron chi connectivity index (χ4n) is 2.61. The van der Waals surface area contributed by atoms with Crippen molar-refractivity contribution in [2.45, 2.75) is 90.6 Å². The number of carbonyl (C=O) groups excluding carboxylic acids is 1. The lowest BCUT2D eigenvalue weighted by molar-refractivity contribution is -0.137. The highest BCUT2D eigenvalue weighted by Gasteiger charge is 2.12. The van der Waals surface area contributed by atoms with Crippen LogP contribution in [0.1, 0.15) is 84.5 Å². The number of carbonyl (C=O) groups is 2. The second-order valence-corrected chi connectivity index (χ2v) is 6.38. The van der Waals surface area contributed by atoms with E-state index in [1.165, 1.54) is 0 Å². The lowest BCUT2D eigenvalue weighted by atomic mass is 9.93. The molecule has 0 saturated heterocycles. The van der Waals surface area contributed by atoms with Crippen LogP contribution in [0.4, 0.5) is 0 Å². The highest BCUT2D eigenvalue weighted by molar-refractivity contribution is 5.78. The van der Waals surface area contributed by atoms with E-state index in [0.29, 0.717) is 12.8 Å². The lowest BCUT2D eigenvalue weighted by Crippen LogP contribution is -2.10. The predicted molar refractivity (Wildman–Crippen MR) is 93.4 cm³/mol. The maximum absolute atomic E-state index is 11.7. The predicted octanol–water partition coefficient (Wildman–Crippen LogP) is 4.50. The molecule has 0 aliphatic carbocycles. The second kappa shape index (κ2) is 14.4. The van der Waals surface area contributed by atoms with E-state index in [1.807, 2.05) is 12.2 Å². The molecule has 0 aromatic carbocycles. The summed E-state index contributed by atoms with van der Waals surface area (Å²) < 4.78 is 0. The highest BCUT2D eigenvalue weighted by atomic mass is 16.4. The van der Waals surface area contributed by atoms with Crippen LogP contribution < -0.4 is 0 Å². The summed E-state index contributed by atoms with van der Waals surface area (Å²) in [5.74, 6) is -0.525. The van der Waals surface area contributed by atoms with E-state index in [4.69, 9.17) is 5.11 Å². The standard InChI is InChI=1S/C19H34O4/c1-3-4-7-13-18(21)14-10-12-17(16(2)20)11-8-5-6-9-15-19(22)23/h10,14,17-18,21H,3-9,11-13,15H2,1-2H3,(H,22,23)/b14-10+/t17-,18+/m1/s1. The van der Waals surface area contributed by atoms with Gasteiger partial charge in [-0.2, -0.15) is 0 Å². The van der Waals surface area contributed by atoms with Crippen molar-refractivity contribution in [2.24, 2.45) is 5.92 Å². The number of hydrogen-bond acceptors (Lipinski definition) is 3. The van der Waals surface area contributed by atoms with Crippen LogP contribution in [-0.2, 0) is 9.59 Å². The highest BCUT2D eigenvalue weighted by Crippen LogP contribution is 2.17. The van der Waals surface area contributed by atoms with Crippen molar-refractivity contribution in [3.8, 4) is 0 Å². The first-order valence-corrected chi connectivity index (χ1v) is 9.04. The minimum atomic E-state index is -0.741. The third-order valence-corrected chi connectivity index (χ3v) is 4.15. The number of aliphatic carboxylic acids is 1. The SMILES string of the molecule is CCCCC[C@H](O)/C=C/C[C@@H](CCCCCCC(=O)O)C(C)=O. The Bertz CT molecular complexity index is 349. The smallest absolute Gasteiger partial charge is 0.303 e. The largest absolute Gasteiger partial charge is 0.481 e. The van der Waals surface area contributed by atoms with Crippen LogP contribution in [0.2, 0.25) is 0 Å². The van der Waals surface area contributed by atoms with Crippen molar-refractivity contribution in [1.82, 2.24) is 0 Å². The molecule has 4 nitrogen and oxygen atoms in total. The molecule has 0 amide bonds. The number of ketones is 1. The molecule has 0 aromatic heterocycles. The summed E-state index contributed by atoms with van der Waals surface area (Å²) in [6, 6.07) is 0. The van der Waals surface area contributed by atoms with Crippen molar-refractivity contribution in [2.75, 3.05) is 0 Å². The van der Waals surface area contributed by atoms with Gasteiger partial charge in [0.1, 0.15) is 5.78 Å². The molecule has 0 radical (unpaired) electrons. The van der Waals surface area contributed by atoms with Crippen LogP contribution in [-0.4, -0.2) is 28.1 Å². The number of aliphatic hydroxyl groups excluding tert-OH is 1. The zero-order valence-corrected chi connectivity index (χ0v) is 14.8. The van der Waals surface area contributed by atoms with Crippen molar-refractivity contribution in [3.63, 3.8) is 0 Å². The molecule has 0 heterocycles. The number of allylic oxidation sites excluding steroid dienone is 1. The molecule has 134 valence electrons. The third kappa shape index (κ3) is 14.2. The molecule has 2 atom stereocenters. The first-order chi connectivity index (χ1) is 11.0. The number of rotatable bonds is 15. The minimum Gasteiger partial charge on any atom is -0.481 e. The monoisotopic (exact) mass is 326 g/mol. The minimum absolute atomic E-state index is 0.0218. The maximum atomic E-state index is 11.7. The average molecular weight is 326 g/mol. The maximum Gasteiger partial charge on any atom is 0.303 e. The Morgan fingerprint density at radius 1 is 1.00 bits per heavy atom. The van der Waals surface area contributed by atoms with Gasteiger partial charge in [0, 0.05) is 12.3 Å². The van der Waals surface area contributed by atoms with E-state index in [0.717, 1.165) is 51.4 Å². The Labute approximate surface area is 141 Å². The van der Waals surface area contributed by atoms with Gasteiger partial charge in [-0.1, -0.05) is 57.6 Å². The Hall–Kier alpha value is -1.16. The second-order valence-electron chi connectivity index (χ2n) is 6.38. The van der Waals surface area contributed by atoms with Gasteiger partial charge in [-0.05, 0) is 32.6 Å². The average Bonchev–Trinajstić information content (AvgIpc) is 2.48. The molecule has 0 aliphatic rings. The molecule has 2 N–H and O–H groups in total. The van der Waals surface area contributed by atoms with Crippen molar-refractivity contribution >= 4 is 11.8 Å². The van der Waals surface area contributed by atoms with E-state index in [-0.39, 0.29) is 18.1 Å². The van der Waals surface area contributed by atoms with Crippen LogP contribution in [0.25, 0.3) is 0 Å². The summed E-state index contributed by atoms with van der Waals surface area (Å²) >= 11 is 0. The topological polar surface area (TPSA) is 74.6 Å². The number of Topliss-reactive ketones (excluding diaryl/α,β-unsaturated/α-hetero) is 1. The summed E-state index contributed by atoms with van der Waals surface area (Å²) in [4.78, 5) is 22.1. The van der Waals surface area contributed by atoms with Gasteiger partial charge in [-0.3, -0.25) is 9.59 Å². The van der Waals surface area contributed by atoms with Gasteiger partial charge in [0.15, 0.2) is 0 Å². The Balaban J connectivity index is 3.89. The number of aliphatic hydroxyl groups is 1. The number of hydrogen-bond donors (Lipinski definition) is 2. The Morgan fingerprint density at radius 2 is 1.65 bits per heavy atom. The molecule has 0 rings (SSSR count). The first-order valence-electron chi connectivity index (χ1n) is 9.04. The molecular formula is C19H34O4. The summed E-state index contributed by atoms with van der Waals surface area (Å²) in [6.45, 7) is 3.77. The molecule has 0 fully saturated rings. The molecule has 0 aromatic rings. The van der Waals surface area contributed by atoms with Crippen LogP contribution >= 0.6 is 0 Å². The summed E-state index contributed by atoms with van der Waals surface area (Å²) in [6.07, 6.45) is 12.8.